The van der Waals surface area contributed by atoms with Crippen molar-refractivity contribution >= 4 is 7.82 Å². The Hall–Kier alpha value is -3.18. The van der Waals surface area contributed by atoms with Crippen LogP contribution in [0.2, 0.25) is 0 Å². The number of aromatic amines is 1. The first-order valence-corrected chi connectivity index (χ1v) is 11.4. The predicted molar refractivity (Wildman–Crippen MR) is 111 cm³/mol. The topological polar surface area (TPSA) is 131 Å². The van der Waals surface area contributed by atoms with Crippen LogP contribution in [0.3, 0.4) is 0 Å². The summed E-state index contributed by atoms with van der Waals surface area (Å²) in [5.41, 5.74) is -1.61. The first-order valence-electron chi connectivity index (χ1n) is 9.94. The Kier molecular flexibility index (Phi) is 6.52. The average Bonchev–Trinajstić information content (AvgIpc) is 3.19. The standard InChI is InChI=1S/C20H20FN2O9P/c1-3-27-19(28-4-2)12-7-5-6-8-14(12)31-33(26)29-11-16-15(32-33)9-17(30-16)23-10-13(21)18(24)22-20(23)25/h5-10,19H,3-4,11H2,1-2H3,(H,22,24,25). The van der Waals surface area contributed by atoms with Gasteiger partial charge in [-0.15, -0.1) is 0 Å². The third-order valence-corrected chi connectivity index (χ3v) is 5.76. The summed E-state index contributed by atoms with van der Waals surface area (Å²) in [5.74, 6) is -1.13. The number of nitrogens with one attached hydrogen (secondary N) is 1. The zero-order chi connectivity index (χ0) is 23.6. The highest BCUT2D eigenvalue weighted by Crippen LogP contribution is 2.56. The maximum atomic E-state index is 13.6. The number of hydrogen-bond donors (Lipinski definition) is 1. The fourth-order valence-corrected chi connectivity index (χ4v) is 4.27. The van der Waals surface area contributed by atoms with Gasteiger partial charge >= 0.3 is 13.5 Å². The Morgan fingerprint density at radius 1 is 1.21 bits per heavy atom. The number of rotatable bonds is 8. The van der Waals surface area contributed by atoms with Crippen molar-refractivity contribution in [1.29, 1.82) is 0 Å². The lowest BCUT2D eigenvalue weighted by atomic mass is 10.2. The van der Waals surface area contributed by atoms with Crippen LogP contribution in [0.5, 0.6) is 11.5 Å². The van der Waals surface area contributed by atoms with E-state index in [-0.39, 0.29) is 29.8 Å². The zero-order valence-corrected chi connectivity index (χ0v) is 18.5. The third kappa shape index (κ3) is 4.79. The number of H-pyrrole nitrogens is 1. The van der Waals surface area contributed by atoms with E-state index in [1.165, 1.54) is 6.07 Å². The first-order chi connectivity index (χ1) is 15.8. The summed E-state index contributed by atoms with van der Waals surface area (Å²) in [7, 11) is -4.17. The van der Waals surface area contributed by atoms with E-state index in [1.54, 1.807) is 24.3 Å². The third-order valence-electron chi connectivity index (χ3n) is 4.48. The minimum Gasteiger partial charge on any atom is -0.438 e. The summed E-state index contributed by atoms with van der Waals surface area (Å²) in [6.07, 6.45) is -0.0917. The van der Waals surface area contributed by atoms with Gasteiger partial charge in [-0.25, -0.2) is 13.9 Å². The van der Waals surface area contributed by atoms with Crippen LogP contribution in [0, 0.1) is 5.82 Å². The quantitative estimate of drug-likeness (QED) is 0.379. The van der Waals surface area contributed by atoms with Gasteiger partial charge in [-0.2, -0.15) is 4.39 Å². The molecule has 0 bridgehead atoms. The molecule has 176 valence electrons. The normalized spacial score (nSPS) is 17.6. The Labute approximate surface area is 186 Å². The first kappa shape index (κ1) is 23.0. The molecule has 1 aliphatic rings. The predicted octanol–water partition coefficient (Wildman–Crippen LogP) is 3.43. The van der Waals surface area contributed by atoms with Crippen molar-refractivity contribution in [2.24, 2.45) is 0 Å². The zero-order valence-electron chi connectivity index (χ0n) is 17.6. The maximum absolute atomic E-state index is 13.6. The van der Waals surface area contributed by atoms with E-state index in [4.69, 9.17) is 27.5 Å². The lowest BCUT2D eigenvalue weighted by molar-refractivity contribution is -0.140. The summed E-state index contributed by atoms with van der Waals surface area (Å²) in [5, 5.41) is 0. The van der Waals surface area contributed by atoms with E-state index >= 15 is 0 Å². The van der Waals surface area contributed by atoms with Crippen molar-refractivity contribution in [2.45, 2.75) is 26.7 Å². The Morgan fingerprint density at radius 3 is 2.67 bits per heavy atom. The van der Waals surface area contributed by atoms with Crippen LogP contribution in [0.1, 0.15) is 31.5 Å². The molecule has 0 fully saturated rings. The highest BCUT2D eigenvalue weighted by molar-refractivity contribution is 7.49. The van der Waals surface area contributed by atoms with Crippen LogP contribution in [0.15, 0.2) is 50.5 Å². The monoisotopic (exact) mass is 482 g/mol. The van der Waals surface area contributed by atoms with E-state index in [0.717, 1.165) is 4.57 Å². The molecular formula is C20H20FN2O9P. The van der Waals surface area contributed by atoms with Crippen molar-refractivity contribution in [3.8, 4) is 17.4 Å². The fraction of sp³-hybridized carbons (Fsp3) is 0.300. The Morgan fingerprint density at radius 2 is 1.94 bits per heavy atom. The van der Waals surface area contributed by atoms with Crippen LogP contribution in [-0.2, 0) is 25.2 Å². The number of hydrogen-bond acceptors (Lipinski definition) is 9. The van der Waals surface area contributed by atoms with Crippen LogP contribution >= 0.6 is 7.82 Å². The molecule has 0 spiro atoms. The van der Waals surface area contributed by atoms with Gasteiger partial charge in [-0.3, -0.25) is 14.3 Å². The average molecular weight is 482 g/mol. The summed E-state index contributed by atoms with van der Waals surface area (Å²) < 4.78 is 60.5. The molecular weight excluding hydrogens is 462 g/mol. The molecule has 1 unspecified atom stereocenters. The van der Waals surface area contributed by atoms with Crippen LogP contribution in [0.25, 0.3) is 5.88 Å². The second-order valence-electron chi connectivity index (χ2n) is 6.66. The summed E-state index contributed by atoms with van der Waals surface area (Å²) >= 11 is 0. The van der Waals surface area contributed by atoms with E-state index in [1.807, 2.05) is 18.8 Å². The van der Waals surface area contributed by atoms with Gasteiger partial charge < -0.3 is 22.9 Å². The number of phosphoric ester groups is 1. The van der Waals surface area contributed by atoms with Gasteiger partial charge in [0.1, 0.15) is 12.4 Å². The molecule has 11 nitrogen and oxygen atoms in total. The second kappa shape index (κ2) is 9.36. The fourth-order valence-electron chi connectivity index (χ4n) is 3.05. The maximum Gasteiger partial charge on any atom is 0.588 e. The van der Waals surface area contributed by atoms with E-state index in [9.17, 15) is 18.5 Å². The summed E-state index contributed by atoms with van der Waals surface area (Å²) in [6.45, 7) is 4.05. The molecule has 1 atom stereocenters. The van der Waals surface area contributed by atoms with E-state index in [0.29, 0.717) is 25.0 Å². The van der Waals surface area contributed by atoms with Gasteiger partial charge in [-0.1, -0.05) is 18.2 Å². The molecule has 0 amide bonds. The number of aromatic nitrogens is 2. The number of fused-ring (bicyclic) bond motifs is 1. The molecule has 1 aromatic carbocycles. The number of nitrogens with zero attached hydrogens (tertiary/aromatic N) is 1. The van der Waals surface area contributed by atoms with Gasteiger partial charge in [0.2, 0.25) is 11.7 Å². The largest absolute Gasteiger partial charge is 0.588 e. The summed E-state index contributed by atoms with van der Waals surface area (Å²) in [4.78, 5) is 25.0. The highest BCUT2D eigenvalue weighted by atomic mass is 31.2. The van der Waals surface area contributed by atoms with Gasteiger partial charge in [0.05, 0.1) is 11.8 Å². The van der Waals surface area contributed by atoms with Crippen LogP contribution in [-0.4, -0.2) is 22.8 Å². The molecule has 2 aromatic heterocycles. The number of halogens is 1. The lowest BCUT2D eigenvalue weighted by Crippen LogP contribution is -2.30. The summed E-state index contributed by atoms with van der Waals surface area (Å²) in [6, 6.07) is 7.88. The van der Waals surface area contributed by atoms with Gasteiger partial charge in [0.15, 0.2) is 17.8 Å². The number of para-hydroxylation sites is 1. The van der Waals surface area contributed by atoms with Crippen molar-refractivity contribution < 1.29 is 36.4 Å². The van der Waals surface area contributed by atoms with Crippen molar-refractivity contribution in [2.75, 3.05) is 13.2 Å². The molecule has 1 N–H and O–H groups in total. The molecule has 33 heavy (non-hydrogen) atoms. The Balaban J connectivity index is 1.61. The van der Waals surface area contributed by atoms with E-state index < -0.39 is 31.2 Å². The molecule has 0 radical (unpaired) electrons. The number of phosphoric acid groups is 1. The van der Waals surface area contributed by atoms with Gasteiger partial charge in [0.25, 0.3) is 5.56 Å². The molecule has 3 heterocycles. The van der Waals surface area contributed by atoms with Crippen molar-refractivity contribution in [1.82, 2.24) is 9.55 Å². The minimum atomic E-state index is -4.17. The molecule has 0 aliphatic carbocycles. The lowest BCUT2D eigenvalue weighted by Gasteiger charge is -2.25. The highest BCUT2D eigenvalue weighted by Gasteiger charge is 2.39. The van der Waals surface area contributed by atoms with Gasteiger partial charge in [-0.05, 0) is 19.9 Å². The number of furan rings is 1. The molecule has 1 aliphatic heterocycles. The van der Waals surface area contributed by atoms with E-state index in [2.05, 4.69) is 0 Å². The van der Waals surface area contributed by atoms with Crippen molar-refractivity contribution in [3.63, 3.8) is 0 Å². The number of benzene rings is 1. The minimum absolute atomic E-state index is 0.0262. The SMILES string of the molecule is CCOC(OCC)c1ccccc1OP1(=O)OCc2oc(-n3cc(F)c(=O)[nH]c3=O)cc2O1. The molecule has 0 saturated carbocycles. The Bertz CT molecular complexity index is 1310. The second-order valence-corrected chi connectivity index (χ2v) is 8.18. The smallest absolute Gasteiger partial charge is 0.438 e. The molecule has 3 aromatic rings. The molecule has 4 rings (SSSR count). The van der Waals surface area contributed by atoms with Gasteiger partial charge in [0, 0.05) is 19.3 Å². The van der Waals surface area contributed by atoms with Crippen LogP contribution in [0.4, 0.5) is 4.39 Å². The molecule has 0 saturated heterocycles. The molecule has 13 heteroatoms. The van der Waals surface area contributed by atoms with Crippen molar-refractivity contribution in [3.05, 3.63) is 74.5 Å². The van der Waals surface area contributed by atoms with Crippen LogP contribution < -0.4 is 20.3 Å². The number of ether oxygens (including phenoxy) is 2.